The minimum atomic E-state index is -0.466. The van der Waals surface area contributed by atoms with Crippen molar-refractivity contribution in [3.05, 3.63) is 69.3 Å². The molecule has 1 aliphatic heterocycles. The van der Waals surface area contributed by atoms with Crippen LogP contribution in [0, 0.1) is 17.0 Å². The predicted molar refractivity (Wildman–Crippen MR) is 125 cm³/mol. The van der Waals surface area contributed by atoms with E-state index in [1.807, 2.05) is 11.8 Å². The first-order valence-corrected chi connectivity index (χ1v) is 11.7. The maximum atomic E-state index is 12.7. The third kappa shape index (κ3) is 5.42. The van der Waals surface area contributed by atoms with Crippen molar-refractivity contribution in [3.63, 3.8) is 0 Å². The van der Waals surface area contributed by atoms with Gasteiger partial charge >= 0.3 is 0 Å². The zero-order valence-electron chi connectivity index (χ0n) is 17.3. The first-order chi connectivity index (χ1) is 15.5. The number of amides is 1. The Labute approximate surface area is 193 Å². The molecule has 0 atom stereocenters. The average molecular weight is 472 g/mol. The number of anilines is 2. The Kier molecular flexibility index (Phi) is 6.98. The van der Waals surface area contributed by atoms with Crippen molar-refractivity contribution in [3.8, 4) is 0 Å². The molecule has 1 amide bonds. The summed E-state index contributed by atoms with van der Waals surface area (Å²) in [7, 11) is 0. The first-order valence-electron chi connectivity index (χ1n) is 9.94. The highest BCUT2D eigenvalue weighted by Crippen LogP contribution is 2.31. The van der Waals surface area contributed by atoms with E-state index in [4.69, 9.17) is 4.74 Å². The van der Waals surface area contributed by atoms with Crippen molar-refractivity contribution in [1.29, 1.82) is 0 Å². The molecule has 166 valence electrons. The van der Waals surface area contributed by atoms with Gasteiger partial charge in [-0.3, -0.25) is 20.2 Å². The van der Waals surface area contributed by atoms with Gasteiger partial charge < -0.3 is 9.64 Å². The van der Waals surface area contributed by atoms with E-state index >= 15 is 0 Å². The summed E-state index contributed by atoms with van der Waals surface area (Å²) in [5, 5.41) is 22.8. The fourth-order valence-corrected chi connectivity index (χ4v) is 4.90. The van der Waals surface area contributed by atoms with E-state index in [0.29, 0.717) is 37.1 Å². The molecule has 1 N–H and O–H groups in total. The summed E-state index contributed by atoms with van der Waals surface area (Å²) in [4.78, 5) is 25.7. The van der Waals surface area contributed by atoms with Gasteiger partial charge in [0.15, 0.2) is 4.34 Å². The molecule has 32 heavy (non-hydrogen) atoms. The van der Waals surface area contributed by atoms with Crippen molar-refractivity contribution in [1.82, 2.24) is 10.2 Å². The van der Waals surface area contributed by atoms with Gasteiger partial charge in [-0.15, -0.1) is 10.2 Å². The van der Waals surface area contributed by atoms with Crippen LogP contribution in [0.4, 0.5) is 16.5 Å². The molecule has 0 aliphatic carbocycles. The molecule has 0 radical (unpaired) electrons. The number of hydrogen-bond donors (Lipinski definition) is 1. The van der Waals surface area contributed by atoms with Crippen LogP contribution < -0.4 is 10.2 Å². The number of aryl methyl sites for hydroxylation is 1. The van der Waals surface area contributed by atoms with Crippen LogP contribution in [0.3, 0.4) is 0 Å². The quantitative estimate of drug-likeness (QED) is 0.237. The first kappa shape index (κ1) is 22.2. The predicted octanol–water partition coefficient (Wildman–Crippen LogP) is 4.14. The van der Waals surface area contributed by atoms with Gasteiger partial charge in [0, 0.05) is 30.5 Å². The van der Waals surface area contributed by atoms with Crippen molar-refractivity contribution >= 4 is 45.5 Å². The summed E-state index contributed by atoms with van der Waals surface area (Å²) in [6, 6.07) is 12.8. The van der Waals surface area contributed by atoms with Gasteiger partial charge in [-0.1, -0.05) is 52.9 Å². The molecule has 3 aromatic rings. The van der Waals surface area contributed by atoms with Crippen LogP contribution in [0.25, 0.3) is 0 Å². The molecule has 0 saturated carbocycles. The van der Waals surface area contributed by atoms with Crippen LogP contribution in [-0.4, -0.2) is 47.3 Å². The molecule has 4 rings (SSSR count). The van der Waals surface area contributed by atoms with Crippen LogP contribution in [0.5, 0.6) is 0 Å². The highest BCUT2D eigenvalue weighted by atomic mass is 32.2. The maximum Gasteiger partial charge on any atom is 0.293 e. The van der Waals surface area contributed by atoms with E-state index < -0.39 is 10.8 Å². The molecule has 0 bridgehead atoms. The number of thioether (sulfide) groups is 1. The molecule has 1 fully saturated rings. The number of benzene rings is 2. The molecule has 1 aromatic heterocycles. The molecule has 1 aliphatic rings. The van der Waals surface area contributed by atoms with E-state index in [2.05, 4.69) is 39.8 Å². The van der Waals surface area contributed by atoms with E-state index in [0.717, 1.165) is 10.1 Å². The molecule has 0 spiro atoms. The van der Waals surface area contributed by atoms with Crippen LogP contribution in [-0.2, 0) is 10.5 Å². The highest BCUT2D eigenvalue weighted by molar-refractivity contribution is 8.00. The number of morpholine rings is 1. The van der Waals surface area contributed by atoms with Gasteiger partial charge in [0.05, 0.1) is 18.1 Å². The zero-order valence-corrected chi connectivity index (χ0v) is 18.9. The molecular weight excluding hydrogens is 450 g/mol. The minimum absolute atomic E-state index is 0.105. The number of nitrogens with zero attached hydrogens (tertiary/aromatic N) is 4. The van der Waals surface area contributed by atoms with Gasteiger partial charge in [-0.25, -0.2) is 0 Å². The SMILES string of the molecule is Cc1ccc(CSc2nnc(NC(=O)c3ccc(N4CCOCC4)c([N+](=O)[O-])c3)s2)cc1. The van der Waals surface area contributed by atoms with Crippen LogP contribution >= 0.6 is 23.1 Å². The second-order valence-corrected chi connectivity index (χ2v) is 9.36. The fraction of sp³-hybridized carbons (Fsp3) is 0.286. The smallest absolute Gasteiger partial charge is 0.293 e. The summed E-state index contributed by atoms with van der Waals surface area (Å²) in [5.74, 6) is 0.283. The van der Waals surface area contributed by atoms with Gasteiger partial charge in [-0.2, -0.15) is 0 Å². The average Bonchev–Trinajstić information content (AvgIpc) is 3.26. The van der Waals surface area contributed by atoms with E-state index in [1.54, 1.807) is 12.1 Å². The highest BCUT2D eigenvalue weighted by Gasteiger charge is 2.23. The number of carbonyl (C=O) groups is 1. The Morgan fingerprint density at radius 1 is 1.22 bits per heavy atom. The molecule has 2 heterocycles. The van der Waals surface area contributed by atoms with Crippen LogP contribution in [0.15, 0.2) is 46.8 Å². The summed E-state index contributed by atoms with van der Waals surface area (Å²) < 4.78 is 6.04. The monoisotopic (exact) mass is 471 g/mol. The Morgan fingerprint density at radius 3 is 2.69 bits per heavy atom. The van der Waals surface area contributed by atoms with Crippen LogP contribution in [0.2, 0.25) is 0 Å². The zero-order chi connectivity index (χ0) is 22.5. The lowest BCUT2D eigenvalue weighted by Crippen LogP contribution is -2.36. The van der Waals surface area contributed by atoms with Crippen molar-refractivity contribution in [2.24, 2.45) is 0 Å². The molecule has 11 heteroatoms. The van der Waals surface area contributed by atoms with Crippen LogP contribution in [0.1, 0.15) is 21.5 Å². The maximum absolute atomic E-state index is 12.7. The number of nitrogens with one attached hydrogen (secondary N) is 1. The number of carbonyl (C=O) groups excluding carboxylic acids is 1. The number of nitro benzene ring substituents is 1. The minimum Gasteiger partial charge on any atom is -0.378 e. The Balaban J connectivity index is 1.41. The lowest BCUT2D eigenvalue weighted by Gasteiger charge is -2.28. The third-order valence-electron chi connectivity index (χ3n) is 4.90. The second kappa shape index (κ2) is 10.1. The largest absolute Gasteiger partial charge is 0.378 e. The molecule has 1 saturated heterocycles. The van der Waals surface area contributed by atoms with Gasteiger partial charge in [-0.05, 0) is 24.6 Å². The topological polar surface area (TPSA) is 110 Å². The summed E-state index contributed by atoms with van der Waals surface area (Å²) in [5.41, 5.74) is 2.96. The van der Waals surface area contributed by atoms with Crippen molar-refractivity contribution < 1.29 is 14.5 Å². The van der Waals surface area contributed by atoms with Gasteiger partial charge in [0.1, 0.15) is 5.69 Å². The Morgan fingerprint density at radius 2 is 1.97 bits per heavy atom. The van der Waals surface area contributed by atoms with E-state index in [1.165, 1.54) is 40.3 Å². The lowest BCUT2D eigenvalue weighted by atomic mass is 10.1. The van der Waals surface area contributed by atoms with Crippen molar-refractivity contribution in [2.45, 2.75) is 17.0 Å². The fourth-order valence-electron chi connectivity index (χ4n) is 3.20. The molecule has 2 aromatic carbocycles. The number of rotatable bonds is 7. The summed E-state index contributed by atoms with van der Waals surface area (Å²) in [6.07, 6.45) is 0. The Hall–Kier alpha value is -3.02. The molecular formula is C21H21N5O4S2. The molecule has 9 nitrogen and oxygen atoms in total. The summed E-state index contributed by atoms with van der Waals surface area (Å²) in [6.45, 7) is 4.21. The van der Waals surface area contributed by atoms with Crippen molar-refractivity contribution in [2.75, 3.05) is 36.5 Å². The normalized spacial score (nSPS) is 13.7. The van der Waals surface area contributed by atoms with E-state index in [-0.39, 0.29) is 11.3 Å². The standard InChI is InChI=1S/C21H21N5O4S2/c1-14-2-4-15(5-3-14)13-31-21-24-23-20(32-21)22-19(27)16-6-7-17(18(12-16)26(28)29)25-8-10-30-11-9-25/h2-7,12H,8-11,13H2,1H3,(H,22,23,27). The number of ether oxygens (including phenoxy) is 1. The third-order valence-corrected chi connectivity index (χ3v) is 6.94. The summed E-state index contributed by atoms with van der Waals surface area (Å²) >= 11 is 2.80. The number of aromatic nitrogens is 2. The number of nitro groups is 1. The van der Waals surface area contributed by atoms with Gasteiger partial charge in [0.25, 0.3) is 11.6 Å². The molecule has 0 unspecified atom stereocenters. The Bertz CT molecular complexity index is 1110. The van der Waals surface area contributed by atoms with Gasteiger partial charge in [0.2, 0.25) is 5.13 Å². The second-order valence-electron chi connectivity index (χ2n) is 7.16. The lowest BCUT2D eigenvalue weighted by molar-refractivity contribution is -0.384. The van der Waals surface area contributed by atoms with E-state index in [9.17, 15) is 14.9 Å². The number of hydrogen-bond acceptors (Lipinski definition) is 9.